The zero-order valence-electron chi connectivity index (χ0n) is 10.1. The van der Waals surface area contributed by atoms with E-state index >= 15 is 0 Å². The van der Waals surface area contributed by atoms with Crippen LogP contribution in [0.25, 0.3) is 11.3 Å². The molecule has 0 unspecified atom stereocenters. The second-order valence-electron chi connectivity index (χ2n) is 3.87. The van der Waals surface area contributed by atoms with Gasteiger partial charge in [0.15, 0.2) is 5.13 Å². The molecule has 0 saturated heterocycles. The predicted octanol–water partition coefficient (Wildman–Crippen LogP) is 2.47. The molecule has 4 nitrogen and oxygen atoms in total. The lowest BCUT2D eigenvalue weighted by Crippen LogP contribution is -2.07. The molecule has 0 fully saturated rings. The Morgan fingerprint density at radius 3 is 2.65 bits per heavy atom. The molecule has 90 valence electrons. The van der Waals surface area contributed by atoms with Crippen molar-refractivity contribution in [3.63, 3.8) is 0 Å². The Morgan fingerprint density at radius 2 is 2.12 bits per heavy atom. The van der Waals surface area contributed by atoms with Gasteiger partial charge in [-0.1, -0.05) is 0 Å². The molecule has 1 heterocycles. The lowest BCUT2D eigenvalue weighted by atomic mass is 10.1. The highest BCUT2D eigenvalue weighted by molar-refractivity contribution is 7.14. The van der Waals surface area contributed by atoms with Crippen molar-refractivity contribution >= 4 is 22.2 Å². The fourth-order valence-electron chi connectivity index (χ4n) is 1.50. The summed E-state index contributed by atoms with van der Waals surface area (Å²) in [6.45, 7) is 0. The summed E-state index contributed by atoms with van der Waals surface area (Å²) in [6, 6.07) is 5.70. The Balaban J connectivity index is 2.36. The Kier molecular flexibility index (Phi) is 3.19. The van der Waals surface area contributed by atoms with Crippen LogP contribution in [0.2, 0.25) is 0 Å². The van der Waals surface area contributed by atoms with E-state index in [1.54, 1.807) is 18.4 Å². The minimum Gasteiger partial charge on any atom is -0.495 e. The third-order valence-corrected chi connectivity index (χ3v) is 3.41. The smallest absolute Gasteiger partial charge is 0.185 e. The maximum atomic E-state index is 5.88. The van der Waals surface area contributed by atoms with Crippen LogP contribution in [0.4, 0.5) is 10.8 Å². The van der Waals surface area contributed by atoms with Crippen LogP contribution in [-0.2, 0) is 0 Å². The quantitative estimate of drug-likeness (QED) is 0.849. The molecule has 2 rings (SSSR count). The number of benzene rings is 1. The van der Waals surface area contributed by atoms with Crippen molar-refractivity contribution in [3.8, 4) is 17.0 Å². The number of anilines is 2. The summed E-state index contributed by atoms with van der Waals surface area (Å²) in [5.74, 6) is 0.691. The van der Waals surface area contributed by atoms with Gasteiger partial charge in [-0.3, -0.25) is 0 Å². The first-order valence-electron chi connectivity index (χ1n) is 5.18. The first-order valence-corrected chi connectivity index (χ1v) is 6.06. The number of ether oxygens (including phenoxy) is 1. The fourth-order valence-corrected chi connectivity index (χ4v) is 2.26. The van der Waals surface area contributed by atoms with Gasteiger partial charge in [0.05, 0.1) is 18.5 Å². The van der Waals surface area contributed by atoms with Crippen LogP contribution >= 0.6 is 11.3 Å². The molecule has 0 aliphatic heterocycles. The molecule has 0 radical (unpaired) electrons. The maximum Gasteiger partial charge on any atom is 0.185 e. The van der Waals surface area contributed by atoms with Gasteiger partial charge in [-0.15, -0.1) is 11.3 Å². The van der Waals surface area contributed by atoms with E-state index in [4.69, 9.17) is 10.5 Å². The van der Waals surface area contributed by atoms with E-state index in [0.717, 1.165) is 16.4 Å². The van der Waals surface area contributed by atoms with Crippen molar-refractivity contribution in [2.45, 2.75) is 0 Å². The number of aromatic nitrogens is 1. The second kappa shape index (κ2) is 4.63. The van der Waals surface area contributed by atoms with Crippen LogP contribution < -0.4 is 15.4 Å². The summed E-state index contributed by atoms with van der Waals surface area (Å²) in [5.41, 5.74) is 8.45. The van der Waals surface area contributed by atoms with Gasteiger partial charge < -0.3 is 15.4 Å². The number of methoxy groups -OCH3 is 1. The molecule has 0 bridgehead atoms. The first-order chi connectivity index (χ1) is 8.11. The van der Waals surface area contributed by atoms with Gasteiger partial charge in [-0.25, -0.2) is 4.98 Å². The van der Waals surface area contributed by atoms with Gasteiger partial charge in [0.1, 0.15) is 5.75 Å². The van der Waals surface area contributed by atoms with Gasteiger partial charge >= 0.3 is 0 Å². The molecule has 1 aromatic heterocycles. The molecule has 2 N–H and O–H groups in total. The molecule has 2 aromatic rings. The molecule has 0 saturated carbocycles. The standard InChI is InChI=1S/C12H15N3OS/c1-15(2)12-14-10(7-17-12)8-4-5-11(16-3)9(13)6-8/h4-7H,13H2,1-3H3. The highest BCUT2D eigenvalue weighted by atomic mass is 32.1. The highest BCUT2D eigenvalue weighted by Crippen LogP contribution is 2.30. The monoisotopic (exact) mass is 249 g/mol. The number of nitrogen functional groups attached to an aromatic ring is 1. The Hall–Kier alpha value is -1.75. The fraction of sp³-hybridized carbons (Fsp3) is 0.250. The molecule has 0 aliphatic carbocycles. The zero-order chi connectivity index (χ0) is 12.4. The SMILES string of the molecule is COc1ccc(-c2csc(N(C)C)n2)cc1N. The number of rotatable bonds is 3. The largest absolute Gasteiger partial charge is 0.495 e. The molecule has 1 aromatic carbocycles. The van der Waals surface area contributed by atoms with Gasteiger partial charge in [0, 0.05) is 25.0 Å². The summed E-state index contributed by atoms with van der Waals surface area (Å²) in [6.07, 6.45) is 0. The molecular weight excluding hydrogens is 234 g/mol. The Bertz CT molecular complexity index is 522. The highest BCUT2D eigenvalue weighted by Gasteiger charge is 2.07. The lowest BCUT2D eigenvalue weighted by molar-refractivity contribution is 0.417. The van der Waals surface area contributed by atoms with Crippen molar-refractivity contribution in [1.82, 2.24) is 4.98 Å². The average Bonchev–Trinajstić information content (AvgIpc) is 2.78. The zero-order valence-corrected chi connectivity index (χ0v) is 10.9. The lowest BCUT2D eigenvalue weighted by Gasteiger charge is -2.07. The van der Waals surface area contributed by atoms with E-state index in [1.807, 2.05) is 42.6 Å². The van der Waals surface area contributed by atoms with Crippen molar-refractivity contribution in [2.24, 2.45) is 0 Å². The normalized spacial score (nSPS) is 10.3. The number of nitrogens with zero attached hydrogens (tertiary/aromatic N) is 2. The van der Waals surface area contributed by atoms with E-state index in [9.17, 15) is 0 Å². The Labute approximate surface area is 105 Å². The topological polar surface area (TPSA) is 51.4 Å². The third-order valence-electron chi connectivity index (χ3n) is 2.40. The first kappa shape index (κ1) is 11.7. The molecule has 0 amide bonds. The predicted molar refractivity (Wildman–Crippen MR) is 72.8 cm³/mol. The Morgan fingerprint density at radius 1 is 1.35 bits per heavy atom. The van der Waals surface area contributed by atoms with Crippen LogP contribution in [0.15, 0.2) is 23.6 Å². The van der Waals surface area contributed by atoms with Crippen LogP contribution in [0.5, 0.6) is 5.75 Å². The molecule has 17 heavy (non-hydrogen) atoms. The summed E-state index contributed by atoms with van der Waals surface area (Å²) in [4.78, 5) is 6.51. The van der Waals surface area contributed by atoms with Crippen LogP contribution in [0, 0.1) is 0 Å². The van der Waals surface area contributed by atoms with Gasteiger partial charge in [-0.2, -0.15) is 0 Å². The van der Waals surface area contributed by atoms with Crippen molar-refractivity contribution < 1.29 is 4.74 Å². The van der Waals surface area contributed by atoms with E-state index in [2.05, 4.69) is 4.98 Å². The summed E-state index contributed by atoms with van der Waals surface area (Å²) >= 11 is 1.61. The van der Waals surface area contributed by atoms with E-state index < -0.39 is 0 Å². The molecule has 5 heteroatoms. The molecule has 0 spiro atoms. The van der Waals surface area contributed by atoms with Crippen molar-refractivity contribution in [1.29, 1.82) is 0 Å². The van der Waals surface area contributed by atoms with E-state index in [1.165, 1.54) is 0 Å². The van der Waals surface area contributed by atoms with Crippen LogP contribution in [0.3, 0.4) is 0 Å². The second-order valence-corrected chi connectivity index (χ2v) is 4.70. The number of nitrogens with two attached hydrogens (primary N) is 1. The van der Waals surface area contributed by atoms with Crippen LogP contribution in [0.1, 0.15) is 0 Å². The number of thiazole rings is 1. The third kappa shape index (κ3) is 2.34. The van der Waals surface area contributed by atoms with Gasteiger partial charge in [0.2, 0.25) is 0 Å². The molecule has 0 aliphatic rings. The van der Waals surface area contributed by atoms with E-state index in [-0.39, 0.29) is 0 Å². The average molecular weight is 249 g/mol. The number of hydrogen-bond acceptors (Lipinski definition) is 5. The summed E-state index contributed by atoms with van der Waals surface area (Å²) in [5, 5.41) is 3.01. The van der Waals surface area contributed by atoms with Crippen LogP contribution in [-0.4, -0.2) is 26.2 Å². The summed E-state index contributed by atoms with van der Waals surface area (Å²) in [7, 11) is 5.56. The minimum absolute atomic E-state index is 0.629. The minimum atomic E-state index is 0.629. The summed E-state index contributed by atoms with van der Waals surface area (Å²) < 4.78 is 5.13. The van der Waals surface area contributed by atoms with E-state index in [0.29, 0.717) is 11.4 Å². The van der Waals surface area contributed by atoms with Crippen molar-refractivity contribution in [3.05, 3.63) is 23.6 Å². The molecular formula is C12H15N3OS. The molecule has 0 atom stereocenters. The van der Waals surface area contributed by atoms with Gasteiger partial charge in [0.25, 0.3) is 0 Å². The van der Waals surface area contributed by atoms with Crippen molar-refractivity contribution in [2.75, 3.05) is 31.8 Å². The number of hydrogen-bond donors (Lipinski definition) is 1. The van der Waals surface area contributed by atoms with Gasteiger partial charge in [-0.05, 0) is 18.2 Å². The maximum absolute atomic E-state index is 5.88.